The predicted octanol–water partition coefficient (Wildman–Crippen LogP) is 2.13. The highest BCUT2D eigenvalue weighted by molar-refractivity contribution is 5.69. The maximum absolute atomic E-state index is 11.4. The molecule has 1 aromatic carbocycles. The van der Waals surface area contributed by atoms with Gasteiger partial charge in [-0.2, -0.15) is 0 Å². The first-order chi connectivity index (χ1) is 8.26. The van der Waals surface area contributed by atoms with Gasteiger partial charge in [-0.25, -0.2) is 0 Å². The fourth-order valence-corrected chi connectivity index (χ4v) is 1.38. The van der Waals surface area contributed by atoms with Crippen molar-refractivity contribution in [2.75, 3.05) is 14.2 Å². The summed E-state index contributed by atoms with van der Waals surface area (Å²) in [6.45, 7) is 0.310. The normalized spacial score (nSPS) is 10.5. The summed E-state index contributed by atoms with van der Waals surface area (Å²) in [5.74, 6) is -0.243. The zero-order chi connectivity index (χ0) is 12.5. The first-order valence-electron chi connectivity index (χ1n) is 5.51. The molecule has 0 atom stereocenters. The average Bonchev–Trinajstić information content (AvgIpc) is 2.39. The average molecular weight is 238 g/mol. The maximum atomic E-state index is 11.4. The Hall–Kier alpha value is -1.39. The molecule has 0 N–H and O–H groups in total. The van der Waals surface area contributed by atoms with Crippen molar-refractivity contribution >= 4 is 5.97 Å². The van der Waals surface area contributed by atoms with E-state index in [2.05, 4.69) is 0 Å². The molecule has 0 aromatic heterocycles. The molecule has 4 nitrogen and oxygen atoms in total. The topological polar surface area (TPSA) is 44.8 Å². The smallest absolute Gasteiger partial charge is 0.306 e. The molecule has 17 heavy (non-hydrogen) atoms. The second-order valence-corrected chi connectivity index (χ2v) is 3.59. The van der Waals surface area contributed by atoms with Gasteiger partial charge in [0.05, 0.1) is 6.42 Å². The minimum atomic E-state index is -0.348. The summed E-state index contributed by atoms with van der Waals surface area (Å²) in [6, 6.07) is 9.58. The van der Waals surface area contributed by atoms with Gasteiger partial charge in [-0.3, -0.25) is 4.79 Å². The quantitative estimate of drug-likeness (QED) is 0.539. The lowest BCUT2D eigenvalue weighted by Crippen LogP contribution is -2.15. The Bertz CT molecular complexity index is 319. The minimum Gasteiger partial charge on any atom is -0.461 e. The van der Waals surface area contributed by atoms with Gasteiger partial charge in [0.15, 0.2) is 6.29 Å². The monoisotopic (exact) mass is 238 g/mol. The van der Waals surface area contributed by atoms with Gasteiger partial charge >= 0.3 is 5.97 Å². The third-order valence-corrected chi connectivity index (χ3v) is 2.35. The Morgan fingerprint density at radius 1 is 1.18 bits per heavy atom. The Kier molecular flexibility index (Phi) is 6.29. The van der Waals surface area contributed by atoms with Crippen molar-refractivity contribution in [3.05, 3.63) is 35.9 Å². The van der Waals surface area contributed by atoms with Crippen LogP contribution in [0.15, 0.2) is 30.3 Å². The summed E-state index contributed by atoms with van der Waals surface area (Å²) in [5, 5.41) is 0. The van der Waals surface area contributed by atoms with E-state index >= 15 is 0 Å². The highest BCUT2D eigenvalue weighted by atomic mass is 16.7. The first kappa shape index (κ1) is 13.7. The first-order valence-corrected chi connectivity index (χ1v) is 5.51. The van der Waals surface area contributed by atoms with Gasteiger partial charge in [0.25, 0.3) is 0 Å². The van der Waals surface area contributed by atoms with Gasteiger partial charge in [-0.1, -0.05) is 30.3 Å². The van der Waals surface area contributed by atoms with Crippen LogP contribution < -0.4 is 0 Å². The van der Waals surface area contributed by atoms with Gasteiger partial charge in [0.1, 0.15) is 6.61 Å². The Labute approximate surface area is 101 Å². The maximum Gasteiger partial charge on any atom is 0.306 e. The second kappa shape index (κ2) is 7.81. The molecule has 4 heteroatoms. The molecular weight excluding hydrogens is 220 g/mol. The van der Waals surface area contributed by atoms with Gasteiger partial charge in [0.2, 0.25) is 0 Å². The molecule has 94 valence electrons. The van der Waals surface area contributed by atoms with E-state index in [1.165, 1.54) is 0 Å². The molecule has 0 bridgehead atoms. The van der Waals surface area contributed by atoms with Crippen LogP contribution in [-0.2, 0) is 25.6 Å². The Balaban J connectivity index is 2.22. The molecule has 0 fully saturated rings. The highest BCUT2D eigenvalue weighted by Gasteiger charge is 2.10. The van der Waals surface area contributed by atoms with E-state index in [0.29, 0.717) is 19.4 Å². The zero-order valence-corrected chi connectivity index (χ0v) is 10.2. The van der Waals surface area contributed by atoms with E-state index in [1.54, 1.807) is 14.2 Å². The molecule has 0 aliphatic carbocycles. The van der Waals surface area contributed by atoms with Crippen LogP contribution in [0.5, 0.6) is 0 Å². The number of methoxy groups -OCH3 is 2. The van der Waals surface area contributed by atoms with Crippen molar-refractivity contribution in [3.8, 4) is 0 Å². The minimum absolute atomic E-state index is 0.243. The Morgan fingerprint density at radius 3 is 2.41 bits per heavy atom. The summed E-state index contributed by atoms with van der Waals surface area (Å²) in [7, 11) is 3.09. The molecule has 0 heterocycles. The van der Waals surface area contributed by atoms with Gasteiger partial charge in [-0.05, 0) is 5.56 Å². The van der Waals surface area contributed by atoms with Gasteiger partial charge < -0.3 is 14.2 Å². The van der Waals surface area contributed by atoms with Crippen molar-refractivity contribution in [1.29, 1.82) is 0 Å². The highest BCUT2D eigenvalue weighted by Crippen LogP contribution is 2.06. The standard InChI is InChI=1S/C13H18O4/c1-15-13(16-2)9-8-12(14)17-10-11-6-4-3-5-7-11/h3-7,13H,8-10H2,1-2H3. The van der Waals surface area contributed by atoms with E-state index < -0.39 is 0 Å². The molecule has 1 aromatic rings. The molecule has 0 aliphatic rings. The number of ether oxygens (including phenoxy) is 3. The van der Waals surface area contributed by atoms with Crippen LogP contribution in [0.1, 0.15) is 18.4 Å². The van der Waals surface area contributed by atoms with Crippen molar-refractivity contribution in [3.63, 3.8) is 0 Å². The SMILES string of the molecule is COC(CCC(=O)OCc1ccccc1)OC. The molecule has 0 saturated heterocycles. The van der Waals surface area contributed by atoms with Crippen LogP contribution in [0, 0.1) is 0 Å². The van der Waals surface area contributed by atoms with E-state index in [-0.39, 0.29) is 12.3 Å². The van der Waals surface area contributed by atoms with E-state index in [0.717, 1.165) is 5.56 Å². The summed E-state index contributed by atoms with van der Waals surface area (Å²) >= 11 is 0. The molecule has 0 aliphatic heterocycles. The molecule has 0 amide bonds. The number of carbonyl (C=O) groups is 1. The van der Waals surface area contributed by atoms with Crippen LogP contribution in [0.2, 0.25) is 0 Å². The molecular formula is C13H18O4. The van der Waals surface area contributed by atoms with E-state index in [1.807, 2.05) is 30.3 Å². The zero-order valence-electron chi connectivity index (χ0n) is 10.2. The number of hydrogen-bond acceptors (Lipinski definition) is 4. The lowest BCUT2D eigenvalue weighted by molar-refractivity contribution is -0.150. The lowest BCUT2D eigenvalue weighted by Gasteiger charge is -2.12. The number of benzene rings is 1. The van der Waals surface area contributed by atoms with Crippen molar-refractivity contribution in [2.24, 2.45) is 0 Å². The van der Waals surface area contributed by atoms with Crippen LogP contribution in [0.25, 0.3) is 0 Å². The van der Waals surface area contributed by atoms with Crippen LogP contribution in [0.3, 0.4) is 0 Å². The second-order valence-electron chi connectivity index (χ2n) is 3.59. The van der Waals surface area contributed by atoms with Crippen LogP contribution >= 0.6 is 0 Å². The predicted molar refractivity (Wildman–Crippen MR) is 63.3 cm³/mol. The van der Waals surface area contributed by atoms with Gasteiger partial charge in [-0.15, -0.1) is 0 Å². The fraction of sp³-hybridized carbons (Fsp3) is 0.462. The Morgan fingerprint density at radius 2 is 1.82 bits per heavy atom. The molecule has 0 radical (unpaired) electrons. The summed E-state index contributed by atoms with van der Waals surface area (Å²) in [5.41, 5.74) is 0.982. The van der Waals surface area contributed by atoms with E-state index in [4.69, 9.17) is 14.2 Å². The third-order valence-electron chi connectivity index (χ3n) is 2.35. The molecule has 0 spiro atoms. The number of esters is 1. The van der Waals surface area contributed by atoms with Crippen LogP contribution in [0.4, 0.5) is 0 Å². The fourth-order valence-electron chi connectivity index (χ4n) is 1.38. The van der Waals surface area contributed by atoms with Crippen LogP contribution in [-0.4, -0.2) is 26.5 Å². The summed E-state index contributed by atoms with van der Waals surface area (Å²) in [4.78, 5) is 11.4. The third kappa shape index (κ3) is 5.47. The largest absolute Gasteiger partial charge is 0.461 e. The summed E-state index contributed by atoms with van der Waals surface area (Å²) in [6.07, 6.45) is 0.444. The summed E-state index contributed by atoms with van der Waals surface area (Å²) < 4.78 is 15.1. The van der Waals surface area contributed by atoms with E-state index in [9.17, 15) is 4.79 Å². The van der Waals surface area contributed by atoms with Gasteiger partial charge in [0, 0.05) is 20.6 Å². The van der Waals surface area contributed by atoms with Crippen molar-refractivity contribution < 1.29 is 19.0 Å². The molecule has 0 unspecified atom stereocenters. The number of carbonyl (C=O) groups excluding carboxylic acids is 1. The lowest BCUT2D eigenvalue weighted by atomic mass is 10.2. The number of rotatable bonds is 7. The molecule has 0 saturated carbocycles. The molecule has 1 rings (SSSR count). The van der Waals surface area contributed by atoms with Crippen molar-refractivity contribution in [2.45, 2.75) is 25.7 Å². The van der Waals surface area contributed by atoms with Crippen molar-refractivity contribution in [1.82, 2.24) is 0 Å². The number of hydrogen-bond donors (Lipinski definition) is 0.